The second-order valence-electron chi connectivity index (χ2n) is 4.28. The van der Waals surface area contributed by atoms with Crippen LogP contribution in [0.3, 0.4) is 0 Å². The Hall–Kier alpha value is -2.19. The summed E-state index contributed by atoms with van der Waals surface area (Å²) in [5, 5.41) is 28.9. The highest BCUT2D eigenvalue weighted by Gasteiger charge is 2.08. The van der Waals surface area contributed by atoms with Crippen molar-refractivity contribution >= 4 is 23.4 Å². The van der Waals surface area contributed by atoms with Gasteiger partial charge in [0.2, 0.25) is 5.91 Å². The number of aliphatic carboxylic acids is 1. The maximum Gasteiger partial charge on any atom is 0.303 e. The fourth-order valence-electron chi connectivity index (χ4n) is 1.68. The minimum Gasteiger partial charge on any atom is -0.481 e. The predicted octanol–water partition coefficient (Wildman–Crippen LogP) is -0.324. The number of pyridine rings is 1. The van der Waals surface area contributed by atoms with E-state index in [1.54, 1.807) is 17.0 Å². The van der Waals surface area contributed by atoms with Gasteiger partial charge in [-0.25, -0.2) is 4.98 Å². The van der Waals surface area contributed by atoms with E-state index in [1.807, 2.05) is 0 Å². The first-order valence-corrected chi connectivity index (χ1v) is 6.51. The van der Waals surface area contributed by atoms with Crippen molar-refractivity contribution < 1.29 is 24.9 Å². The normalized spacial score (nSPS) is 10.2. The Morgan fingerprint density at radius 1 is 1.14 bits per heavy atom. The van der Waals surface area contributed by atoms with Crippen LogP contribution in [0.2, 0.25) is 0 Å². The number of rotatable bonds is 9. The van der Waals surface area contributed by atoms with Gasteiger partial charge in [-0.15, -0.1) is 0 Å². The summed E-state index contributed by atoms with van der Waals surface area (Å²) >= 11 is 0. The van der Waals surface area contributed by atoms with Crippen molar-refractivity contribution in [2.24, 2.45) is 0 Å². The lowest BCUT2D eigenvalue weighted by atomic mass is 10.3. The van der Waals surface area contributed by atoms with Gasteiger partial charge in [0.25, 0.3) is 0 Å². The highest BCUT2D eigenvalue weighted by atomic mass is 16.4. The summed E-state index contributed by atoms with van der Waals surface area (Å²) in [6.07, 6.45) is 1.17. The lowest BCUT2D eigenvalue weighted by molar-refractivity contribution is -0.138. The number of nitrogens with zero attached hydrogens (tertiary/aromatic N) is 2. The molecule has 4 N–H and O–H groups in total. The Morgan fingerprint density at radius 3 is 2.29 bits per heavy atom. The second-order valence-corrected chi connectivity index (χ2v) is 4.28. The zero-order chi connectivity index (χ0) is 15.7. The average molecular weight is 297 g/mol. The monoisotopic (exact) mass is 297 g/mol. The van der Waals surface area contributed by atoms with Gasteiger partial charge < -0.3 is 25.5 Å². The summed E-state index contributed by atoms with van der Waals surface area (Å²) < 4.78 is 0. The highest BCUT2D eigenvalue weighted by Crippen LogP contribution is 2.15. The van der Waals surface area contributed by atoms with Crippen LogP contribution in [0.1, 0.15) is 12.8 Å². The molecule has 8 nitrogen and oxygen atoms in total. The van der Waals surface area contributed by atoms with Gasteiger partial charge in [0.1, 0.15) is 5.82 Å². The van der Waals surface area contributed by atoms with E-state index in [2.05, 4.69) is 10.3 Å². The molecule has 0 aromatic carbocycles. The third-order valence-electron chi connectivity index (χ3n) is 2.69. The molecule has 0 aliphatic carbocycles. The van der Waals surface area contributed by atoms with Gasteiger partial charge in [-0.1, -0.05) is 0 Å². The van der Waals surface area contributed by atoms with E-state index >= 15 is 0 Å². The molecule has 0 aliphatic rings. The molecule has 1 heterocycles. The number of carboxylic acids is 1. The van der Waals surface area contributed by atoms with Gasteiger partial charge in [-0.3, -0.25) is 9.59 Å². The van der Waals surface area contributed by atoms with Crippen LogP contribution < -0.4 is 10.2 Å². The molecule has 1 rings (SSSR count). The molecule has 0 saturated heterocycles. The molecule has 1 amide bonds. The number of anilines is 2. The maximum atomic E-state index is 11.4. The Morgan fingerprint density at radius 2 is 1.81 bits per heavy atom. The zero-order valence-corrected chi connectivity index (χ0v) is 11.5. The van der Waals surface area contributed by atoms with Crippen molar-refractivity contribution in [2.45, 2.75) is 12.8 Å². The van der Waals surface area contributed by atoms with Crippen molar-refractivity contribution in [1.29, 1.82) is 0 Å². The van der Waals surface area contributed by atoms with Crippen molar-refractivity contribution in [2.75, 3.05) is 36.5 Å². The van der Waals surface area contributed by atoms with Crippen LogP contribution in [0.5, 0.6) is 0 Å². The lowest BCUT2D eigenvalue weighted by Gasteiger charge is -2.22. The quantitative estimate of drug-likeness (QED) is 0.492. The predicted molar refractivity (Wildman–Crippen MR) is 76.1 cm³/mol. The number of carboxylic acid groups (broad SMARTS) is 1. The molecule has 0 radical (unpaired) electrons. The molecule has 21 heavy (non-hydrogen) atoms. The molecule has 0 unspecified atom stereocenters. The zero-order valence-electron chi connectivity index (χ0n) is 11.5. The molecule has 1 aromatic rings. The fraction of sp³-hybridized carbons (Fsp3) is 0.462. The summed E-state index contributed by atoms with van der Waals surface area (Å²) in [5.41, 5.74) is 0.710. The van der Waals surface area contributed by atoms with Crippen LogP contribution in [0.15, 0.2) is 18.3 Å². The average Bonchev–Trinajstić information content (AvgIpc) is 2.46. The first kappa shape index (κ1) is 16.9. The largest absolute Gasteiger partial charge is 0.481 e. The summed E-state index contributed by atoms with van der Waals surface area (Å²) in [4.78, 5) is 27.6. The highest BCUT2D eigenvalue weighted by molar-refractivity contribution is 5.91. The van der Waals surface area contributed by atoms with Gasteiger partial charge in [0.05, 0.1) is 31.5 Å². The van der Waals surface area contributed by atoms with E-state index < -0.39 is 11.9 Å². The van der Waals surface area contributed by atoms with Crippen molar-refractivity contribution in [1.82, 2.24) is 4.98 Å². The van der Waals surface area contributed by atoms with Gasteiger partial charge >= 0.3 is 5.97 Å². The number of amides is 1. The Balaban J connectivity index is 2.60. The van der Waals surface area contributed by atoms with Gasteiger partial charge in [0.15, 0.2) is 0 Å². The minimum absolute atomic E-state index is 0.0479. The molecule has 0 fully saturated rings. The fourth-order valence-corrected chi connectivity index (χ4v) is 1.68. The summed E-state index contributed by atoms with van der Waals surface area (Å²) in [6.45, 7) is 0.639. The molecular formula is C13H19N3O5. The number of hydrogen-bond donors (Lipinski definition) is 4. The lowest BCUT2D eigenvalue weighted by Crippen LogP contribution is -2.29. The Bertz CT molecular complexity index is 457. The van der Waals surface area contributed by atoms with Crippen LogP contribution >= 0.6 is 0 Å². The SMILES string of the molecule is O=C(O)CCC(=O)Nc1ccc(N(CCO)CCO)cn1. The van der Waals surface area contributed by atoms with E-state index in [-0.39, 0.29) is 26.1 Å². The number of aromatic nitrogens is 1. The van der Waals surface area contributed by atoms with Crippen LogP contribution in [0.4, 0.5) is 11.5 Å². The van der Waals surface area contributed by atoms with Gasteiger partial charge in [0, 0.05) is 19.5 Å². The van der Waals surface area contributed by atoms with Crippen molar-refractivity contribution in [3.8, 4) is 0 Å². The smallest absolute Gasteiger partial charge is 0.303 e. The number of nitrogens with one attached hydrogen (secondary N) is 1. The molecule has 116 valence electrons. The molecule has 0 atom stereocenters. The van der Waals surface area contributed by atoms with E-state index in [9.17, 15) is 9.59 Å². The summed E-state index contributed by atoms with van der Waals surface area (Å²) in [6, 6.07) is 3.28. The Labute approximate surface area is 122 Å². The third-order valence-corrected chi connectivity index (χ3v) is 2.69. The second kappa shape index (κ2) is 8.88. The molecular weight excluding hydrogens is 278 g/mol. The molecule has 0 saturated carbocycles. The minimum atomic E-state index is -1.03. The number of carbonyl (C=O) groups excluding carboxylic acids is 1. The molecule has 0 bridgehead atoms. The number of carbonyl (C=O) groups is 2. The standard InChI is InChI=1S/C13H19N3O5/c17-7-5-16(6-8-18)10-1-2-11(14-9-10)15-12(19)3-4-13(20)21/h1-2,9,17-18H,3-8H2,(H,20,21)(H,14,15,19). The van der Waals surface area contributed by atoms with Gasteiger partial charge in [-0.2, -0.15) is 0 Å². The van der Waals surface area contributed by atoms with E-state index in [0.29, 0.717) is 24.6 Å². The molecule has 0 aliphatic heterocycles. The number of aliphatic hydroxyl groups is 2. The van der Waals surface area contributed by atoms with Gasteiger partial charge in [-0.05, 0) is 12.1 Å². The number of hydrogen-bond acceptors (Lipinski definition) is 6. The van der Waals surface area contributed by atoms with Crippen LogP contribution in [-0.2, 0) is 9.59 Å². The summed E-state index contributed by atoms with van der Waals surface area (Å²) in [7, 11) is 0. The Kier molecular flexibility index (Phi) is 7.13. The van der Waals surface area contributed by atoms with Crippen molar-refractivity contribution in [3.63, 3.8) is 0 Å². The molecule has 1 aromatic heterocycles. The third kappa shape index (κ3) is 6.19. The van der Waals surface area contributed by atoms with Crippen LogP contribution in [0.25, 0.3) is 0 Å². The van der Waals surface area contributed by atoms with Crippen LogP contribution in [-0.4, -0.2) is 58.5 Å². The van der Waals surface area contributed by atoms with Crippen molar-refractivity contribution in [3.05, 3.63) is 18.3 Å². The van der Waals surface area contributed by atoms with E-state index in [0.717, 1.165) is 0 Å². The first-order chi connectivity index (χ1) is 10.1. The maximum absolute atomic E-state index is 11.4. The molecule has 8 heteroatoms. The molecule has 0 spiro atoms. The first-order valence-electron chi connectivity index (χ1n) is 6.51. The number of aliphatic hydroxyl groups excluding tert-OH is 2. The summed E-state index contributed by atoms with van der Waals surface area (Å²) in [5.74, 6) is -1.13. The van der Waals surface area contributed by atoms with E-state index in [4.69, 9.17) is 15.3 Å². The topological polar surface area (TPSA) is 123 Å². The van der Waals surface area contributed by atoms with E-state index in [1.165, 1.54) is 6.20 Å². The van der Waals surface area contributed by atoms with Crippen LogP contribution in [0, 0.1) is 0 Å².